The lowest BCUT2D eigenvalue weighted by Gasteiger charge is -2.36. The van der Waals surface area contributed by atoms with Gasteiger partial charge in [-0.05, 0) is 96.4 Å². The Morgan fingerprint density at radius 3 is 1.98 bits per heavy atom. The van der Waals surface area contributed by atoms with E-state index in [0.717, 1.165) is 36.0 Å². The van der Waals surface area contributed by atoms with Gasteiger partial charge in [-0.15, -0.1) is 0 Å². The molecule has 2 rings (SSSR count). The normalized spacial score (nSPS) is 13.6. The number of amides is 3. The molecule has 0 radical (unpaired) electrons. The lowest BCUT2D eigenvalue weighted by atomic mass is 9.93. The molecule has 2 aromatic rings. The molecule has 0 aliphatic carbocycles. The van der Waals surface area contributed by atoms with Crippen LogP contribution in [0.15, 0.2) is 48.5 Å². The summed E-state index contributed by atoms with van der Waals surface area (Å²) in [6.45, 7) is 20.9. The molecule has 0 fully saturated rings. The van der Waals surface area contributed by atoms with Gasteiger partial charge in [0, 0.05) is 13.0 Å². The first-order chi connectivity index (χ1) is 22.8. The molecule has 0 aliphatic rings. The van der Waals surface area contributed by atoms with Crippen LogP contribution in [0.3, 0.4) is 0 Å². The van der Waals surface area contributed by atoms with Crippen LogP contribution in [0.2, 0.25) is 0 Å². The minimum Gasteiger partial charge on any atom is -0.458 e. The van der Waals surface area contributed by atoms with Crippen molar-refractivity contribution < 1.29 is 28.7 Å². The first-order valence-corrected chi connectivity index (χ1v) is 17.8. The molecule has 9 nitrogen and oxygen atoms in total. The van der Waals surface area contributed by atoms with E-state index < -0.39 is 47.3 Å². The van der Waals surface area contributed by atoms with Crippen LogP contribution < -0.4 is 10.6 Å². The van der Waals surface area contributed by atoms with E-state index in [2.05, 4.69) is 17.6 Å². The minimum absolute atomic E-state index is 0.0567. The molecule has 0 saturated carbocycles. The molecule has 0 aliphatic heterocycles. The van der Waals surface area contributed by atoms with Gasteiger partial charge in [0.25, 0.3) is 0 Å². The zero-order valence-electron chi connectivity index (χ0n) is 31.8. The fourth-order valence-electron chi connectivity index (χ4n) is 5.61. The second-order valence-corrected chi connectivity index (χ2v) is 15.4. The summed E-state index contributed by atoms with van der Waals surface area (Å²) in [5, 5.41) is 5.82. The molecule has 49 heavy (non-hydrogen) atoms. The zero-order chi connectivity index (χ0) is 36.9. The maximum absolute atomic E-state index is 14.7. The number of esters is 1. The predicted molar refractivity (Wildman–Crippen MR) is 195 cm³/mol. The van der Waals surface area contributed by atoms with Crippen LogP contribution in [0.4, 0.5) is 4.79 Å². The number of rotatable bonds is 16. The van der Waals surface area contributed by atoms with E-state index >= 15 is 0 Å². The van der Waals surface area contributed by atoms with Gasteiger partial charge in [0.15, 0.2) is 0 Å². The van der Waals surface area contributed by atoms with Crippen LogP contribution in [0.1, 0.15) is 123 Å². The van der Waals surface area contributed by atoms with E-state index in [4.69, 9.17) is 9.47 Å². The van der Waals surface area contributed by atoms with Gasteiger partial charge in [-0.3, -0.25) is 9.59 Å². The number of nitrogens with zero attached hydrogens (tertiary/aromatic N) is 1. The summed E-state index contributed by atoms with van der Waals surface area (Å²) in [6, 6.07) is 12.1. The molecule has 3 amide bonds. The van der Waals surface area contributed by atoms with Crippen LogP contribution in [0.5, 0.6) is 0 Å². The first kappa shape index (κ1) is 41.3. The maximum atomic E-state index is 14.7. The molecule has 3 atom stereocenters. The third-order valence-corrected chi connectivity index (χ3v) is 8.02. The minimum atomic E-state index is -1.08. The fourth-order valence-corrected chi connectivity index (χ4v) is 5.61. The Hall–Kier alpha value is -3.88. The van der Waals surface area contributed by atoms with Crippen molar-refractivity contribution in [2.45, 2.75) is 144 Å². The average Bonchev–Trinajstić information content (AvgIpc) is 2.98. The highest BCUT2D eigenvalue weighted by molar-refractivity contribution is 5.94. The summed E-state index contributed by atoms with van der Waals surface area (Å²) in [5.41, 5.74) is 1.81. The van der Waals surface area contributed by atoms with Crippen LogP contribution in [0.25, 0.3) is 0 Å². The molecule has 0 saturated heterocycles. The monoisotopic (exact) mass is 679 g/mol. The number of benzene rings is 2. The molecule has 272 valence electrons. The summed E-state index contributed by atoms with van der Waals surface area (Å²) >= 11 is 0. The van der Waals surface area contributed by atoms with E-state index in [1.54, 1.807) is 46.4 Å². The number of hydrogen-bond acceptors (Lipinski definition) is 6. The third-order valence-electron chi connectivity index (χ3n) is 8.02. The average molecular weight is 680 g/mol. The summed E-state index contributed by atoms with van der Waals surface area (Å²) in [4.78, 5) is 57.7. The number of unbranched alkanes of at least 4 members (excludes halogenated alkanes) is 3. The Labute approximate surface area is 294 Å². The van der Waals surface area contributed by atoms with Gasteiger partial charge < -0.3 is 25.0 Å². The van der Waals surface area contributed by atoms with Crippen LogP contribution in [-0.4, -0.2) is 58.6 Å². The summed E-state index contributed by atoms with van der Waals surface area (Å²) in [7, 11) is 0. The summed E-state index contributed by atoms with van der Waals surface area (Å²) in [6.07, 6.45) is 3.37. The van der Waals surface area contributed by atoms with Gasteiger partial charge in [0.2, 0.25) is 11.8 Å². The largest absolute Gasteiger partial charge is 0.458 e. The number of hydrogen-bond donors (Lipinski definition) is 2. The Morgan fingerprint density at radius 1 is 0.776 bits per heavy atom. The molecule has 2 N–H and O–H groups in total. The highest BCUT2D eigenvalue weighted by Gasteiger charge is 2.39. The van der Waals surface area contributed by atoms with Gasteiger partial charge in [0.1, 0.15) is 29.3 Å². The second kappa shape index (κ2) is 18.8. The number of ether oxygens (including phenoxy) is 2. The van der Waals surface area contributed by atoms with E-state index in [1.807, 2.05) is 76.2 Å². The number of carbonyl (C=O) groups is 4. The van der Waals surface area contributed by atoms with Crippen molar-refractivity contribution in [2.24, 2.45) is 5.92 Å². The molecular weight excluding hydrogens is 618 g/mol. The highest BCUT2D eigenvalue weighted by Crippen LogP contribution is 2.29. The molecule has 9 heteroatoms. The summed E-state index contributed by atoms with van der Waals surface area (Å²) < 4.78 is 11.3. The van der Waals surface area contributed by atoms with Gasteiger partial charge in [-0.1, -0.05) is 88.6 Å². The molecule has 0 heterocycles. The van der Waals surface area contributed by atoms with Crippen molar-refractivity contribution in [1.29, 1.82) is 0 Å². The van der Waals surface area contributed by atoms with E-state index in [0.29, 0.717) is 18.4 Å². The predicted octanol–water partition coefficient (Wildman–Crippen LogP) is 7.76. The molecule has 2 aromatic carbocycles. The number of carbonyl (C=O) groups excluding carboxylic acids is 4. The topological polar surface area (TPSA) is 114 Å². The highest BCUT2D eigenvalue weighted by atomic mass is 16.6. The number of aryl methyl sites for hydroxylation is 1. The van der Waals surface area contributed by atoms with E-state index in [1.165, 1.54) is 0 Å². The van der Waals surface area contributed by atoms with Gasteiger partial charge in [-0.25, -0.2) is 9.59 Å². The fraction of sp³-hybridized carbons (Fsp3) is 0.600. The van der Waals surface area contributed by atoms with E-state index in [9.17, 15) is 19.2 Å². The van der Waals surface area contributed by atoms with Crippen LogP contribution in [-0.2, 0) is 30.3 Å². The van der Waals surface area contributed by atoms with Crippen molar-refractivity contribution in [3.8, 4) is 0 Å². The molecule has 0 spiro atoms. The lowest BCUT2D eigenvalue weighted by molar-refractivity contribution is -0.159. The number of alkyl carbamates (subject to hydrolysis) is 1. The Kier molecular flexibility index (Phi) is 15.8. The van der Waals surface area contributed by atoms with E-state index in [-0.39, 0.29) is 24.8 Å². The Balaban J connectivity index is 2.69. The van der Waals surface area contributed by atoms with Crippen LogP contribution in [0, 0.1) is 19.8 Å². The van der Waals surface area contributed by atoms with Gasteiger partial charge in [-0.2, -0.15) is 0 Å². The molecule has 3 unspecified atom stereocenters. The molecule has 0 aromatic heterocycles. The van der Waals surface area contributed by atoms with Gasteiger partial charge in [0.05, 0.1) is 0 Å². The van der Waals surface area contributed by atoms with Crippen molar-refractivity contribution in [3.63, 3.8) is 0 Å². The maximum Gasteiger partial charge on any atom is 0.408 e. The summed E-state index contributed by atoms with van der Waals surface area (Å²) in [5.74, 6) is -1.38. The lowest BCUT2D eigenvalue weighted by Crippen LogP contribution is -2.55. The van der Waals surface area contributed by atoms with Crippen molar-refractivity contribution in [2.75, 3.05) is 6.54 Å². The first-order valence-electron chi connectivity index (χ1n) is 17.8. The third kappa shape index (κ3) is 14.2. The van der Waals surface area contributed by atoms with Crippen LogP contribution >= 0.6 is 0 Å². The quantitative estimate of drug-likeness (QED) is 0.139. The smallest absolute Gasteiger partial charge is 0.408 e. The van der Waals surface area contributed by atoms with Crippen molar-refractivity contribution >= 4 is 23.9 Å². The zero-order valence-corrected chi connectivity index (χ0v) is 31.8. The Bertz CT molecular complexity index is 1380. The van der Waals surface area contributed by atoms with Gasteiger partial charge >= 0.3 is 12.1 Å². The van der Waals surface area contributed by atoms with Crippen molar-refractivity contribution in [1.82, 2.24) is 15.5 Å². The molecular formula is C40H61N3O6. The standard InChI is InChI=1S/C40H61N3O6/c1-12-13-14-18-24-43(36(45)32(25-27(2)3)42-38(47)49-40(9,10)11)34(31-23-19-20-28(4)29(31)5)35(44)41-33(37(46)48-39(6,7)8)26-30-21-16-15-17-22-30/h15-17,19-23,27,32-34H,12-14,18,24-26H2,1-11H3,(H,41,44)(H,42,47). The van der Waals surface area contributed by atoms with Crippen molar-refractivity contribution in [3.05, 3.63) is 70.8 Å². The number of nitrogens with one attached hydrogen (secondary N) is 2. The second-order valence-electron chi connectivity index (χ2n) is 15.4. The SMILES string of the molecule is CCCCCCN(C(=O)C(CC(C)C)NC(=O)OC(C)(C)C)C(C(=O)NC(Cc1ccccc1)C(=O)OC(C)(C)C)c1cccc(C)c1C. The molecule has 0 bridgehead atoms. The Morgan fingerprint density at radius 2 is 1.41 bits per heavy atom.